The number of nitrogens with zero attached hydrogens (tertiary/aromatic N) is 4. The van der Waals surface area contributed by atoms with Crippen molar-refractivity contribution in [1.82, 2.24) is 19.6 Å². The van der Waals surface area contributed by atoms with E-state index in [2.05, 4.69) is 46.1 Å². The maximum absolute atomic E-state index is 13.4. The van der Waals surface area contributed by atoms with E-state index in [1.54, 1.807) is 0 Å². The summed E-state index contributed by atoms with van der Waals surface area (Å²) in [6.07, 6.45) is -8.29. The zero-order valence-corrected chi connectivity index (χ0v) is 28.7. The summed E-state index contributed by atoms with van der Waals surface area (Å²) in [6.45, 7) is 14.2. The number of rotatable bonds is 9. The molecule has 0 amide bonds. The van der Waals surface area contributed by atoms with Gasteiger partial charge in [0.2, 0.25) is 0 Å². The van der Waals surface area contributed by atoms with Crippen molar-refractivity contribution in [3.8, 4) is 0 Å². The van der Waals surface area contributed by atoms with Crippen molar-refractivity contribution >= 4 is 5.97 Å². The molecule has 5 rings (SSSR count). The van der Waals surface area contributed by atoms with Gasteiger partial charge in [0.05, 0.1) is 16.8 Å². The molecule has 2 saturated heterocycles. The second-order valence-electron chi connectivity index (χ2n) is 14.9. The van der Waals surface area contributed by atoms with Crippen molar-refractivity contribution in [1.29, 1.82) is 0 Å². The first-order valence-electron chi connectivity index (χ1n) is 16.9. The molecule has 0 bridgehead atoms. The molecule has 0 radical (unpaired) electrons. The van der Waals surface area contributed by atoms with Crippen LogP contribution < -0.4 is 0 Å². The van der Waals surface area contributed by atoms with Crippen LogP contribution in [0.2, 0.25) is 0 Å². The summed E-state index contributed by atoms with van der Waals surface area (Å²) in [7, 11) is 0. The molecule has 0 spiro atoms. The molecule has 6 nitrogen and oxygen atoms in total. The highest BCUT2D eigenvalue weighted by Gasteiger charge is 2.45. The number of halogens is 6. The molecule has 3 aromatic rings. The Hall–Kier alpha value is -3.38. The number of hydrogen-bond donors (Lipinski definition) is 1. The normalized spacial score (nSPS) is 21.0. The first kappa shape index (κ1) is 36.9. The van der Waals surface area contributed by atoms with E-state index < -0.39 is 40.9 Å². The molecule has 2 fully saturated rings. The summed E-state index contributed by atoms with van der Waals surface area (Å²) in [5, 5.41) is 14.8. The molecular weight excluding hydrogens is 646 g/mol. The smallest absolute Gasteiger partial charge is 0.416 e. The van der Waals surface area contributed by atoms with Crippen molar-refractivity contribution in [2.24, 2.45) is 11.3 Å². The van der Waals surface area contributed by atoms with Gasteiger partial charge in [0.1, 0.15) is 6.04 Å². The third-order valence-corrected chi connectivity index (χ3v) is 10.1. The summed E-state index contributed by atoms with van der Waals surface area (Å²) in [5.41, 5.74) is 0.599. The quantitative estimate of drug-likeness (QED) is 0.229. The average Bonchev–Trinajstić information content (AvgIpc) is 3.59. The van der Waals surface area contributed by atoms with Crippen molar-refractivity contribution < 1.29 is 36.2 Å². The molecule has 2 aliphatic rings. The molecule has 3 heterocycles. The van der Waals surface area contributed by atoms with Crippen LogP contribution in [-0.2, 0) is 30.1 Å². The Bertz CT molecular complexity index is 1590. The SMILES string of the molecule is CCn1nc(Cc2cc(C(F)(F)F)cc(C(F)(F)F)c2)cc1C1CCN(C[C@H]2CN([C@@H](C(=O)O)C(C)(C)C)C[C@@H]2c2cccc(C)c2)CC1. The van der Waals surface area contributed by atoms with Gasteiger partial charge >= 0.3 is 18.3 Å². The zero-order valence-electron chi connectivity index (χ0n) is 28.7. The lowest BCUT2D eigenvalue weighted by Gasteiger charge is -2.36. The van der Waals surface area contributed by atoms with Crippen LogP contribution in [0.1, 0.15) is 91.6 Å². The number of aliphatic carboxylic acids is 1. The highest BCUT2D eigenvalue weighted by Crippen LogP contribution is 2.40. The van der Waals surface area contributed by atoms with Crippen LogP contribution in [0.25, 0.3) is 0 Å². The van der Waals surface area contributed by atoms with Gasteiger partial charge in [-0.3, -0.25) is 14.4 Å². The summed E-state index contributed by atoms with van der Waals surface area (Å²) >= 11 is 0. The van der Waals surface area contributed by atoms with Gasteiger partial charge in [0, 0.05) is 50.1 Å². The number of carboxylic acids is 1. The molecular formula is C37H46F6N4O2. The Kier molecular flexibility index (Phi) is 10.6. The Morgan fingerprint density at radius 2 is 1.57 bits per heavy atom. The van der Waals surface area contributed by atoms with Crippen LogP contribution in [0.5, 0.6) is 0 Å². The number of aryl methyl sites for hydroxylation is 2. The Morgan fingerprint density at radius 1 is 0.939 bits per heavy atom. The van der Waals surface area contributed by atoms with E-state index in [1.807, 2.05) is 38.4 Å². The number of alkyl halides is 6. The second-order valence-corrected chi connectivity index (χ2v) is 14.9. The number of hydrogen-bond acceptors (Lipinski definition) is 4. The largest absolute Gasteiger partial charge is 0.480 e. The Balaban J connectivity index is 1.30. The van der Waals surface area contributed by atoms with E-state index >= 15 is 0 Å². The number of piperidine rings is 1. The topological polar surface area (TPSA) is 61.6 Å². The average molecular weight is 693 g/mol. The van der Waals surface area contributed by atoms with Crippen molar-refractivity contribution in [3.63, 3.8) is 0 Å². The predicted molar refractivity (Wildman–Crippen MR) is 175 cm³/mol. The molecule has 0 aliphatic carbocycles. The van der Waals surface area contributed by atoms with Crippen LogP contribution in [-0.4, -0.2) is 69.4 Å². The summed E-state index contributed by atoms with van der Waals surface area (Å²) in [5.74, 6) is -0.226. The fraction of sp³-hybridized carbons (Fsp3) is 0.568. The van der Waals surface area contributed by atoms with Gasteiger partial charge in [-0.15, -0.1) is 0 Å². The van der Waals surface area contributed by atoms with Gasteiger partial charge in [-0.2, -0.15) is 31.4 Å². The predicted octanol–water partition coefficient (Wildman–Crippen LogP) is 8.23. The minimum absolute atomic E-state index is 0.0883. The highest BCUT2D eigenvalue weighted by atomic mass is 19.4. The zero-order chi connectivity index (χ0) is 35.9. The minimum Gasteiger partial charge on any atom is -0.480 e. The molecule has 268 valence electrons. The van der Waals surface area contributed by atoms with Crippen molar-refractivity contribution in [2.75, 3.05) is 32.7 Å². The minimum atomic E-state index is -4.90. The lowest BCUT2D eigenvalue weighted by atomic mass is 9.85. The standard InChI is InChI=1S/C37H46F6N4O2/c1-6-47-32(19-30(44-47)17-24-15-28(36(38,39)40)18-29(16-24)37(41,42)43)25-10-12-45(13-11-25)20-27-21-46(33(34(48)49)35(3,4)5)22-31(27)26-9-7-8-23(2)14-26/h7-9,14-16,18-19,25,27,31,33H,6,10-13,17,20-22H2,1-5H3,(H,48,49)/t27-,31+,33-/m0/s1. The van der Waals surface area contributed by atoms with Gasteiger partial charge in [0.15, 0.2) is 0 Å². The van der Waals surface area contributed by atoms with E-state index in [9.17, 15) is 36.2 Å². The van der Waals surface area contributed by atoms with Gasteiger partial charge in [0.25, 0.3) is 0 Å². The van der Waals surface area contributed by atoms with E-state index in [0.717, 1.165) is 50.3 Å². The number of likely N-dealkylation sites (tertiary alicyclic amines) is 2. The highest BCUT2D eigenvalue weighted by molar-refractivity contribution is 5.74. The first-order chi connectivity index (χ1) is 22.8. The number of benzene rings is 2. The van der Waals surface area contributed by atoms with E-state index in [0.29, 0.717) is 25.3 Å². The number of aromatic nitrogens is 2. The summed E-state index contributed by atoms with van der Waals surface area (Å²) in [6, 6.07) is 11.4. The van der Waals surface area contributed by atoms with Gasteiger partial charge in [-0.1, -0.05) is 50.6 Å². The van der Waals surface area contributed by atoms with Crippen LogP contribution in [0.15, 0.2) is 48.5 Å². The third kappa shape index (κ3) is 8.68. The number of carbonyl (C=O) groups is 1. The Morgan fingerprint density at radius 3 is 2.10 bits per heavy atom. The molecule has 0 saturated carbocycles. The van der Waals surface area contributed by atoms with Crippen molar-refractivity contribution in [3.05, 3.63) is 87.7 Å². The fourth-order valence-electron chi connectivity index (χ4n) is 7.88. The molecule has 0 unspecified atom stereocenters. The molecule has 1 N–H and O–H groups in total. The second kappa shape index (κ2) is 14.1. The van der Waals surface area contributed by atoms with Crippen LogP contribution >= 0.6 is 0 Å². The molecule has 49 heavy (non-hydrogen) atoms. The third-order valence-electron chi connectivity index (χ3n) is 10.1. The fourth-order valence-corrected chi connectivity index (χ4v) is 7.88. The maximum Gasteiger partial charge on any atom is 0.416 e. The maximum atomic E-state index is 13.4. The molecule has 12 heteroatoms. The molecule has 3 atom stereocenters. The van der Waals surface area contributed by atoms with Gasteiger partial charge in [-0.25, -0.2) is 0 Å². The lowest BCUT2D eigenvalue weighted by molar-refractivity contribution is -0.147. The van der Waals surface area contributed by atoms with Crippen LogP contribution in [0, 0.1) is 18.3 Å². The molecule has 2 aliphatic heterocycles. The summed E-state index contributed by atoms with van der Waals surface area (Å²) < 4.78 is 82.5. The van der Waals surface area contributed by atoms with E-state index in [1.165, 1.54) is 11.1 Å². The Labute approximate surface area is 284 Å². The van der Waals surface area contributed by atoms with Gasteiger partial charge < -0.3 is 10.0 Å². The van der Waals surface area contributed by atoms with Crippen molar-refractivity contribution in [2.45, 2.75) is 90.7 Å². The lowest BCUT2D eigenvalue weighted by Crippen LogP contribution is -2.48. The molecule has 1 aromatic heterocycles. The van der Waals surface area contributed by atoms with Crippen LogP contribution in [0.3, 0.4) is 0 Å². The first-order valence-corrected chi connectivity index (χ1v) is 16.9. The number of carboxylic acid groups (broad SMARTS) is 1. The van der Waals surface area contributed by atoms with Gasteiger partial charge in [-0.05, 0) is 86.5 Å². The van der Waals surface area contributed by atoms with Crippen LogP contribution in [0.4, 0.5) is 26.3 Å². The van der Waals surface area contributed by atoms with E-state index in [-0.39, 0.29) is 35.8 Å². The van der Waals surface area contributed by atoms with E-state index in [4.69, 9.17) is 0 Å². The monoisotopic (exact) mass is 692 g/mol. The summed E-state index contributed by atoms with van der Waals surface area (Å²) in [4.78, 5) is 17.0. The molecule has 2 aromatic carbocycles.